The van der Waals surface area contributed by atoms with Gasteiger partial charge in [0.2, 0.25) is 0 Å². The summed E-state index contributed by atoms with van der Waals surface area (Å²) in [5.74, 6) is -1.92. The highest BCUT2D eigenvalue weighted by atomic mass is 32.2. The molecule has 0 aromatic rings. The summed E-state index contributed by atoms with van der Waals surface area (Å²) in [7, 11) is 0. The van der Waals surface area contributed by atoms with Gasteiger partial charge in [0, 0.05) is 11.2 Å². The smallest absolute Gasteiger partial charge is 0.304 e. The van der Waals surface area contributed by atoms with Crippen LogP contribution in [-0.2, 0) is 4.79 Å². The van der Waals surface area contributed by atoms with E-state index in [-0.39, 0.29) is 11.8 Å². The van der Waals surface area contributed by atoms with E-state index in [4.69, 9.17) is 21.7 Å². The summed E-state index contributed by atoms with van der Waals surface area (Å²) in [5.41, 5.74) is 2.06. The molecule has 0 atom stereocenters. The first-order valence-corrected chi connectivity index (χ1v) is 2.69. The lowest BCUT2D eigenvalue weighted by Crippen LogP contribution is -2.06. The molecule has 0 aliphatic carbocycles. The predicted octanol–water partition coefficient (Wildman–Crippen LogP) is 0.0878. The largest absolute Gasteiger partial charge is 0.481 e. The lowest BCUT2D eigenvalue weighted by atomic mass is 10.5. The van der Waals surface area contributed by atoms with Crippen LogP contribution >= 0.6 is 11.8 Å². The molecule has 0 radical (unpaired) electrons. The van der Waals surface area contributed by atoms with E-state index in [0.29, 0.717) is 0 Å². The highest BCUT2D eigenvalue weighted by molar-refractivity contribution is 8.13. The molecule has 9 heavy (non-hydrogen) atoms. The molecule has 4 nitrogen and oxygen atoms in total. The normalized spacial score (nSPS) is 18.7. The van der Waals surface area contributed by atoms with Crippen LogP contribution in [0.25, 0.3) is 0 Å². The molecule has 0 bridgehead atoms. The van der Waals surface area contributed by atoms with E-state index >= 15 is 0 Å². The van der Waals surface area contributed by atoms with Crippen LogP contribution in [0.1, 0.15) is 11.9 Å². The summed E-state index contributed by atoms with van der Waals surface area (Å²) in [5, 5.41) is 14.4. The summed E-state index contributed by atoms with van der Waals surface area (Å²) >= 11 is 0.0306. The highest BCUT2D eigenvalue weighted by Crippen LogP contribution is 1.99. The van der Waals surface area contributed by atoms with Crippen molar-refractivity contribution in [3.05, 3.63) is 0 Å². The average molecular weight is 152 g/mol. The number of nitrogens with one attached hydrogen (secondary N) is 1. The van der Waals surface area contributed by atoms with Crippen LogP contribution in [0.2, 0.25) is 0 Å². The molecule has 0 heterocycles. The highest BCUT2D eigenvalue weighted by Gasteiger charge is 1.96. The zero-order valence-corrected chi connectivity index (χ0v) is 5.16. The Labute approximate surface area is 62.6 Å². The Balaban J connectivity index is 4.80. The van der Waals surface area contributed by atoms with Crippen LogP contribution in [0.4, 0.5) is 0 Å². The van der Waals surface area contributed by atoms with Gasteiger partial charge in [-0.1, -0.05) is 11.8 Å². The number of carboxylic acid groups (broad SMARTS) is 1. The van der Waals surface area contributed by atoms with Crippen LogP contribution in [0.5, 0.6) is 0 Å². The molecule has 0 fully saturated rings. The first-order valence-electron chi connectivity index (χ1n) is 3.87. The van der Waals surface area contributed by atoms with Crippen LogP contribution in [0, 0.1) is 5.41 Å². The van der Waals surface area contributed by atoms with Crippen molar-refractivity contribution in [1.82, 2.24) is 0 Å². The van der Waals surface area contributed by atoms with Crippen molar-refractivity contribution in [2.24, 2.45) is 5.73 Å². The first-order chi connectivity index (χ1) is 5.61. The standard InChI is InChI=1S/C4H8N2O2S/c5-4(6)9-2-1-3(7)8/h1-2H2,(H3,5,6)(H,7,8)/i1D2,2D2. The van der Waals surface area contributed by atoms with E-state index in [1.54, 1.807) is 0 Å². The van der Waals surface area contributed by atoms with Crippen LogP contribution in [0.3, 0.4) is 0 Å². The van der Waals surface area contributed by atoms with Gasteiger partial charge in [0.05, 0.1) is 6.37 Å². The topological polar surface area (TPSA) is 87.2 Å². The van der Waals surface area contributed by atoms with Gasteiger partial charge in [0.1, 0.15) is 0 Å². The molecule has 0 aliphatic rings. The lowest BCUT2D eigenvalue weighted by molar-refractivity contribution is -0.136. The van der Waals surface area contributed by atoms with E-state index in [1.165, 1.54) is 0 Å². The van der Waals surface area contributed by atoms with E-state index in [2.05, 4.69) is 0 Å². The summed E-state index contributed by atoms with van der Waals surface area (Å²) in [6, 6.07) is 0. The minimum absolute atomic E-state index is 0.0306. The van der Waals surface area contributed by atoms with Crippen molar-refractivity contribution >= 4 is 22.9 Å². The molecule has 4 N–H and O–H groups in total. The second-order valence-electron chi connectivity index (χ2n) is 0.999. The Morgan fingerprint density at radius 1 is 2.00 bits per heavy atom. The predicted molar refractivity (Wildman–Crippen MR) is 36.6 cm³/mol. The maximum absolute atomic E-state index is 10.3. The third kappa shape index (κ3) is 7.29. The number of nitrogens with two attached hydrogens (primary N) is 1. The molecule has 5 heteroatoms. The molecule has 0 spiro atoms. The zero-order valence-electron chi connectivity index (χ0n) is 8.34. The second kappa shape index (κ2) is 4.20. The van der Waals surface area contributed by atoms with Crippen LogP contribution in [0.15, 0.2) is 0 Å². The van der Waals surface area contributed by atoms with Gasteiger partial charge < -0.3 is 10.8 Å². The maximum Gasteiger partial charge on any atom is 0.304 e. The van der Waals surface area contributed by atoms with Gasteiger partial charge in [-0.05, 0) is 0 Å². The Hall–Kier alpha value is -0.710. The van der Waals surface area contributed by atoms with Crippen molar-refractivity contribution in [3.63, 3.8) is 0 Å². The molecular formula is C4H8N2O2S. The van der Waals surface area contributed by atoms with E-state index in [9.17, 15) is 4.79 Å². The molecule has 0 aromatic heterocycles. The maximum atomic E-state index is 10.3. The fourth-order valence-electron chi connectivity index (χ4n) is 0.124. The van der Waals surface area contributed by atoms with Crippen LogP contribution < -0.4 is 5.73 Å². The number of amidine groups is 1. The van der Waals surface area contributed by atoms with Crippen molar-refractivity contribution < 1.29 is 15.4 Å². The number of thioether (sulfide) groups is 1. The monoisotopic (exact) mass is 152 g/mol. The van der Waals surface area contributed by atoms with E-state index < -0.39 is 23.2 Å². The molecule has 0 rings (SSSR count). The Morgan fingerprint density at radius 3 is 2.89 bits per heavy atom. The Kier molecular flexibility index (Phi) is 1.61. The average Bonchev–Trinajstić information content (AvgIpc) is 1.83. The van der Waals surface area contributed by atoms with Crippen molar-refractivity contribution in [1.29, 1.82) is 5.41 Å². The molecule has 52 valence electrons. The Morgan fingerprint density at radius 2 is 2.56 bits per heavy atom. The van der Waals surface area contributed by atoms with Gasteiger partial charge in [0.25, 0.3) is 0 Å². The summed E-state index contributed by atoms with van der Waals surface area (Å²) in [6.45, 7) is 0. The van der Waals surface area contributed by atoms with Gasteiger partial charge in [-0.3, -0.25) is 10.2 Å². The fraction of sp³-hybridized carbons (Fsp3) is 0.500. The van der Waals surface area contributed by atoms with Gasteiger partial charge in [-0.15, -0.1) is 0 Å². The Bertz CT molecular complexity index is 244. The van der Waals surface area contributed by atoms with Crippen LogP contribution in [-0.4, -0.2) is 21.9 Å². The number of rotatable bonds is 3. The molecule has 0 amide bonds. The molecule has 0 saturated carbocycles. The zero-order chi connectivity index (χ0) is 10.9. The molecular weight excluding hydrogens is 140 g/mol. The molecule has 0 saturated heterocycles. The van der Waals surface area contributed by atoms with Gasteiger partial charge in [-0.25, -0.2) is 0 Å². The first kappa shape index (κ1) is 3.46. The summed E-state index contributed by atoms with van der Waals surface area (Å²) in [4.78, 5) is 10.3. The second-order valence-corrected chi connectivity index (χ2v) is 1.85. The van der Waals surface area contributed by atoms with E-state index in [0.717, 1.165) is 0 Å². The molecule has 0 unspecified atom stereocenters. The number of hydrogen-bond acceptors (Lipinski definition) is 3. The van der Waals surface area contributed by atoms with Crippen molar-refractivity contribution in [2.45, 2.75) is 6.37 Å². The third-order valence-corrected chi connectivity index (χ3v) is 0.743. The van der Waals surface area contributed by atoms with Crippen molar-refractivity contribution in [2.75, 3.05) is 5.70 Å². The minimum Gasteiger partial charge on any atom is -0.481 e. The fourth-order valence-corrected chi connectivity index (χ4v) is 0.372. The summed E-state index contributed by atoms with van der Waals surface area (Å²) in [6.07, 6.45) is -3.08. The van der Waals surface area contributed by atoms with Gasteiger partial charge >= 0.3 is 5.97 Å². The SMILES string of the molecule is [2H]C([2H])(SC(=N)N)C([2H])([2H])C(=O)O. The lowest BCUT2D eigenvalue weighted by Gasteiger charge is -1.92. The molecule has 0 aromatic carbocycles. The minimum atomic E-state index is -3.08. The van der Waals surface area contributed by atoms with E-state index in [1.807, 2.05) is 0 Å². The number of hydrogen-bond donors (Lipinski definition) is 3. The summed E-state index contributed by atoms with van der Waals surface area (Å²) < 4.78 is 27.9. The van der Waals surface area contributed by atoms with Crippen molar-refractivity contribution in [3.8, 4) is 0 Å². The van der Waals surface area contributed by atoms with Gasteiger partial charge in [0.15, 0.2) is 5.17 Å². The van der Waals surface area contributed by atoms with Gasteiger partial charge in [-0.2, -0.15) is 0 Å². The number of carboxylic acids is 1. The number of carbonyl (C=O) groups is 1. The third-order valence-electron chi connectivity index (χ3n) is 0.319. The number of aliphatic carboxylic acids is 1. The quantitative estimate of drug-likeness (QED) is 0.395. The molecule has 0 aliphatic heterocycles.